The van der Waals surface area contributed by atoms with E-state index in [0.717, 1.165) is 18.2 Å². The second kappa shape index (κ2) is 14.4. The topological polar surface area (TPSA) is 178 Å². The summed E-state index contributed by atoms with van der Waals surface area (Å²) in [4.78, 5) is 62.7. The van der Waals surface area contributed by atoms with Crippen molar-refractivity contribution in [3.8, 4) is 5.88 Å². The summed E-state index contributed by atoms with van der Waals surface area (Å²) < 4.78 is 53.8. The van der Waals surface area contributed by atoms with Crippen molar-refractivity contribution in [3.63, 3.8) is 0 Å². The van der Waals surface area contributed by atoms with Crippen molar-refractivity contribution < 1.29 is 41.2 Å². The normalized spacial score (nSPS) is 27.1. The zero-order valence-corrected chi connectivity index (χ0v) is 32.1. The van der Waals surface area contributed by atoms with E-state index in [1.165, 1.54) is 23.1 Å². The molecule has 3 amide bonds. The fourth-order valence-electron chi connectivity index (χ4n) is 8.14. The summed E-state index contributed by atoms with van der Waals surface area (Å²) in [5, 5.41) is 8.50. The zero-order valence-electron chi connectivity index (χ0n) is 31.3. The monoisotopic (exact) mass is 785 g/mol. The van der Waals surface area contributed by atoms with Crippen LogP contribution in [-0.4, -0.2) is 76.4 Å². The molecule has 4 heterocycles. The van der Waals surface area contributed by atoms with Gasteiger partial charge in [0, 0.05) is 29.7 Å². The molecule has 294 valence electrons. The van der Waals surface area contributed by atoms with Crippen molar-refractivity contribution in [2.45, 2.75) is 101 Å². The molecule has 13 nitrogen and oxygen atoms in total. The van der Waals surface area contributed by atoms with Crippen LogP contribution in [-0.2, 0) is 24.4 Å². The number of Topliss-reactive ketones (excluding diaryl/α,β-unsaturated/α-hetero) is 1. The number of sulfonamides is 1. The number of hydrogen-bond acceptors (Lipinski definition) is 10. The number of nitrogens with one attached hydrogen (secondary N) is 2. The van der Waals surface area contributed by atoms with Crippen molar-refractivity contribution in [2.75, 3.05) is 6.54 Å². The van der Waals surface area contributed by atoms with Crippen LogP contribution in [0.4, 0.5) is 4.39 Å². The van der Waals surface area contributed by atoms with Crippen LogP contribution < -0.4 is 14.8 Å². The lowest BCUT2D eigenvalue weighted by Crippen LogP contribution is -2.52. The summed E-state index contributed by atoms with van der Waals surface area (Å²) in [5.74, 6) is -2.38. The molecule has 3 fully saturated rings. The summed E-state index contributed by atoms with van der Waals surface area (Å²) in [6.45, 7) is 3.20. The maximum Gasteiger partial charge on any atom is 0.274 e. The van der Waals surface area contributed by atoms with Gasteiger partial charge in [0.1, 0.15) is 23.7 Å². The number of para-hydroxylation sites is 1. The molecule has 0 radical (unpaired) electrons. The number of benzene rings is 2. The molecule has 2 N–H and O–H groups in total. The minimum atomic E-state index is -3.98. The van der Waals surface area contributed by atoms with Crippen molar-refractivity contribution in [1.82, 2.24) is 25.1 Å². The predicted molar refractivity (Wildman–Crippen MR) is 203 cm³/mol. The van der Waals surface area contributed by atoms with Gasteiger partial charge in [0.25, 0.3) is 5.91 Å². The molecule has 2 aliphatic carbocycles. The quantitative estimate of drug-likeness (QED) is 0.181. The van der Waals surface area contributed by atoms with Gasteiger partial charge in [0.15, 0.2) is 11.5 Å². The Morgan fingerprint density at radius 3 is 2.61 bits per heavy atom. The second-order valence-electron chi connectivity index (χ2n) is 16.0. The Kier molecular flexibility index (Phi) is 9.70. The van der Waals surface area contributed by atoms with Crippen LogP contribution >= 0.6 is 0 Å². The number of allylic oxidation sites excluding steroid dienone is 2. The van der Waals surface area contributed by atoms with E-state index in [1.54, 1.807) is 26.0 Å². The molecule has 4 aliphatic rings. The van der Waals surface area contributed by atoms with Crippen molar-refractivity contribution >= 4 is 55.2 Å². The Morgan fingerprint density at radius 1 is 1.04 bits per heavy atom. The number of nitrogens with zero attached hydrogens (tertiary/aromatic N) is 3. The molecule has 2 aromatic carbocycles. The van der Waals surface area contributed by atoms with E-state index in [9.17, 15) is 32.0 Å². The SMILES string of the molecule is Cc1cc(C(=O)N[C@H]2CCCCC/C=C\[C@@H]3C[C@@]3(C(=O)NS(=O)(=O)C3(C)CC3)CC(=O)[C@@H]3C[C@@H](Oc4nc5ccccc5c5cc(F)ccc45)CN3C2=O)no1. The van der Waals surface area contributed by atoms with E-state index in [1.807, 2.05) is 30.4 Å². The Balaban J connectivity index is 1.13. The first-order valence-corrected chi connectivity index (χ1v) is 20.7. The number of aromatic nitrogens is 2. The highest BCUT2D eigenvalue weighted by atomic mass is 32.2. The van der Waals surface area contributed by atoms with Gasteiger partial charge in [-0.25, -0.2) is 17.8 Å². The number of carbonyl (C=O) groups excluding carboxylic acids is 4. The number of carbonyl (C=O) groups is 4. The fraction of sp³-hybridized carbons (Fsp3) is 0.463. The number of rotatable bonds is 7. The minimum Gasteiger partial charge on any atom is -0.472 e. The van der Waals surface area contributed by atoms with Gasteiger partial charge in [-0.2, -0.15) is 0 Å². The van der Waals surface area contributed by atoms with Gasteiger partial charge in [0.2, 0.25) is 27.7 Å². The maximum absolute atomic E-state index is 14.6. The number of pyridine rings is 1. The lowest BCUT2D eigenvalue weighted by molar-refractivity contribution is -0.140. The van der Waals surface area contributed by atoms with E-state index in [-0.39, 0.29) is 43.3 Å². The van der Waals surface area contributed by atoms with Crippen molar-refractivity contribution in [1.29, 1.82) is 0 Å². The van der Waals surface area contributed by atoms with E-state index < -0.39 is 67.7 Å². The molecule has 8 rings (SSSR count). The highest BCUT2D eigenvalue weighted by Gasteiger charge is 2.62. The smallest absolute Gasteiger partial charge is 0.274 e. The third kappa shape index (κ3) is 7.17. The van der Waals surface area contributed by atoms with Crippen molar-refractivity contribution in [2.24, 2.45) is 11.3 Å². The number of fused-ring (bicyclic) bond motifs is 5. The average Bonchev–Trinajstić information content (AvgIpc) is 3.97. The van der Waals surface area contributed by atoms with Gasteiger partial charge < -0.3 is 19.5 Å². The average molecular weight is 786 g/mol. The Morgan fingerprint density at radius 2 is 1.84 bits per heavy atom. The summed E-state index contributed by atoms with van der Waals surface area (Å²) in [7, 11) is -3.98. The number of amides is 3. The van der Waals surface area contributed by atoms with Crippen LogP contribution in [0.1, 0.15) is 87.4 Å². The molecule has 0 unspecified atom stereocenters. The predicted octanol–water partition coefficient (Wildman–Crippen LogP) is 5.45. The lowest BCUT2D eigenvalue weighted by Gasteiger charge is -2.29. The highest BCUT2D eigenvalue weighted by molar-refractivity contribution is 7.91. The van der Waals surface area contributed by atoms with Crippen molar-refractivity contribution in [3.05, 3.63) is 78.0 Å². The van der Waals surface area contributed by atoms with Gasteiger partial charge in [0.05, 0.1) is 28.3 Å². The minimum absolute atomic E-state index is 0.0139. The summed E-state index contributed by atoms with van der Waals surface area (Å²) >= 11 is 0. The van der Waals surface area contributed by atoms with E-state index in [2.05, 4.69) is 15.2 Å². The number of aryl methyl sites for hydroxylation is 1. The molecular formula is C41H44FN5O8S. The van der Waals surface area contributed by atoms with E-state index in [0.29, 0.717) is 54.2 Å². The van der Waals surface area contributed by atoms with Crippen LogP contribution in [0.5, 0.6) is 5.88 Å². The summed E-state index contributed by atoms with van der Waals surface area (Å²) in [6.07, 6.45) is 7.15. The van der Waals surface area contributed by atoms with Crippen LogP contribution in [0.15, 0.2) is 65.2 Å². The first-order chi connectivity index (χ1) is 26.8. The van der Waals surface area contributed by atoms with Gasteiger partial charge in [-0.3, -0.25) is 23.9 Å². The van der Waals surface area contributed by atoms with Crippen LogP contribution in [0, 0.1) is 24.1 Å². The lowest BCUT2D eigenvalue weighted by atomic mass is 9.91. The van der Waals surface area contributed by atoms with E-state index in [4.69, 9.17) is 14.2 Å². The molecule has 4 aromatic rings. The van der Waals surface area contributed by atoms with Gasteiger partial charge >= 0.3 is 0 Å². The van der Waals surface area contributed by atoms with E-state index >= 15 is 0 Å². The first kappa shape index (κ1) is 37.7. The van der Waals surface area contributed by atoms with Gasteiger partial charge in [-0.05, 0) is 87.9 Å². The number of hydrogen-bond donors (Lipinski definition) is 2. The fourth-order valence-corrected chi connectivity index (χ4v) is 9.47. The summed E-state index contributed by atoms with van der Waals surface area (Å²) in [6, 6.07) is 11.0. The first-order valence-electron chi connectivity index (χ1n) is 19.2. The van der Waals surface area contributed by atoms with Gasteiger partial charge in [-0.15, -0.1) is 0 Å². The molecule has 0 bridgehead atoms. The summed E-state index contributed by atoms with van der Waals surface area (Å²) in [5.41, 5.74) is -0.722. The Hall–Kier alpha value is -5.18. The van der Waals surface area contributed by atoms with Gasteiger partial charge in [-0.1, -0.05) is 48.3 Å². The Labute approximate surface area is 323 Å². The largest absolute Gasteiger partial charge is 0.472 e. The highest BCUT2D eigenvalue weighted by Crippen LogP contribution is 2.57. The maximum atomic E-state index is 14.6. The molecule has 2 aromatic heterocycles. The van der Waals surface area contributed by atoms with Crippen LogP contribution in [0.25, 0.3) is 21.7 Å². The molecular weight excluding hydrogens is 742 g/mol. The number of halogens is 1. The van der Waals surface area contributed by atoms with Crippen LogP contribution in [0.2, 0.25) is 0 Å². The Bertz CT molecular complexity index is 2390. The molecule has 15 heteroatoms. The second-order valence-corrected chi connectivity index (χ2v) is 18.2. The molecule has 1 saturated heterocycles. The molecule has 0 spiro atoms. The number of ketones is 1. The van der Waals surface area contributed by atoms with Crippen LogP contribution in [0.3, 0.4) is 0 Å². The third-order valence-corrected chi connectivity index (χ3v) is 14.1. The molecule has 2 aliphatic heterocycles. The standard InChI is InChI=1S/C41H44FN5O8S/c1-24-18-33(45-55-24)36(49)43-32-13-7-5-3-4-6-10-25-21-41(25,39(51)46-56(52,53)40(2)16-17-40)22-35(48)34-20-27(23-47(34)38(32)50)54-37-29-15-14-26(42)19-30(29)28-11-8-9-12-31(28)44-37/h6,8-12,14-15,18-19,25,27,32,34H,3-5,7,13,16-17,20-23H2,1-2H3,(H,43,49)(H,46,51)/b10-6-/t25-,27-,32+,34+,41-/m1/s1. The number of ether oxygens (including phenoxy) is 1. The zero-order chi connectivity index (χ0) is 39.4. The third-order valence-electron chi connectivity index (χ3n) is 11.9. The molecule has 56 heavy (non-hydrogen) atoms. The molecule has 5 atom stereocenters. The molecule has 2 saturated carbocycles.